The summed E-state index contributed by atoms with van der Waals surface area (Å²) in [5.41, 5.74) is -0.650. The van der Waals surface area contributed by atoms with Crippen molar-refractivity contribution in [1.82, 2.24) is 4.98 Å². The quantitative estimate of drug-likeness (QED) is 0.610. The standard InChI is InChI=1S/C25H29N3O5/c1-16(29)13-18-14-20(21(27-19(18)15-26)17-11-9-8-10-12-17)28(22(30)32-24(2,3)4)23(31)33-25(5,6)7/h8-12,14H,13H2,1-7H3. The zero-order chi connectivity index (χ0) is 25.0. The van der Waals surface area contributed by atoms with Crippen molar-refractivity contribution < 1.29 is 23.9 Å². The SMILES string of the molecule is CC(=O)Cc1cc(N(C(=O)OC(C)(C)C)C(=O)OC(C)(C)C)c(-c2ccccc2)nc1C#N. The van der Waals surface area contributed by atoms with E-state index in [2.05, 4.69) is 4.98 Å². The maximum Gasteiger partial charge on any atom is 0.424 e. The summed E-state index contributed by atoms with van der Waals surface area (Å²) in [4.78, 5) is 43.4. The monoisotopic (exact) mass is 451 g/mol. The molecule has 8 heteroatoms. The van der Waals surface area contributed by atoms with Gasteiger partial charge < -0.3 is 9.47 Å². The molecule has 0 aliphatic rings. The molecule has 8 nitrogen and oxygen atoms in total. The number of ether oxygens (including phenoxy) is 2. The molecule has 0 fully saturated rings. The number of hydrogen-bond acceptors (Lipinski definition) is 7. The van der Waals surface area contributed by atoms with Gasteiger partial charge in [-0.05, 0) is 60.1 Å². The normalized spacial score (nSPS) is 11.3. The molecule has 1 heterocycles. The minimum atomic E-state index is -0.964. The fourth-order valence-electron chi connectivity index (χ4n) is 2.91. The molecule has 0 radical (unpaired) electrons. The number of nitrogens with zero attached hydrogens (tertiary/aromatic N) is 3. The van der Waals surface area contributed by atoms with E-state index in [-0.39, 0.29) is 34.8 Å². The Morgan fingerprint density at radius 2 is 1.48 bits per heavy atom. The smallest absolute Gasteiger partial charge is 0.424 e. The Bertz CT molecular complexity index is 1060. The summed E-state index contributed by atoms with van der Waals surface area (Å²) in [6.45, 7) is 11.4. The molecule has 1 aromatic carbocycles. The van der Waals surface area contributed by atoms with Crippen molar-refractivity contribution in [3.05, 3.63) is 47.7 Å². The number of ketones is 1. The Morgan fingerprint density at radius 1 is 0.970 bits per heavy atom. The molecule has 0 bridgehead atoms. The van der Waals surface area contributed by atoms with Crippen molar-refractivity contribution in [2.75, 3.05) is 4.90 Å². The first-order valence-electron chi connectivity index (χ1n) is 10.5. The van der Waals surface area contributed by atoms with Crippen molar-refractivity contribution >= 4 is 23.7 Å². The number of aromatic nitrogens is 1. The molecule has 2 aromatic rings. The van der Waals surface area contributed by atoms with E-state index in [4.69, 9.17) is 9.47 Å². The van der Waals surface area contributed by atoms with Crippen LogP contribution in [0.25, 0.3) is 11.3 Å². The lowest BCUT2D eigenvalue weighted by Gasteiger charge is -2.29. The van der Waals surface area contributed by atoms with E-state index in [0.717, 1.165) is 4.90 Å². The second-order valence-corrected chi connectivity index (χ2v) is 9.52. The second kappa shape index (κ2) is 9.82. The van der Waals surface area contributed by atoms with Gasteiger partial charge in [-0.2, -0.15) is 10.2 Å². The zero-order valence-corrected chi connectivity index (χ0v) is 20.1. The van der Waals surface area contributed by atoms with Crippen LogP contribution in [0.2, 0.25) is 0 Å². The van der Waals surface area contributed by atoms with Crippen LogP contribution in [0.4, 0.5) is 15.3 Å². The zero-order valence-electron chi connectivity index (χ0n) is 20.1. The van der Waals surface area contributed by atoms with Crippen molar-refractivity contribution in [2.45, 2.75) is 66.1 Å². The summed E-state index contributed by atoms with van der Waals surface area (Å²) in [7, 11) is 0. The Labute approximate surface area is 194 Å². The third-order valence-corrected chi connectivity index (χ3v) is 4.07. The number of imide groups is 1. The first-order valence-corrected chi connectivity index (χ1v) is 10.5. The number of anilines is 1. The Hall–Kier alpha value is -3.73. The predicted molar refractivity (Wildman–Crippen MR) is 124 cm³/mol. The first-order chi connectivity index (χ1) is 15.2. The van der Waals surface area contributed by atoms with Crippen molar-refractivity contribution in [2.24, 2.45) is 0 Å². The van der Waals surface area contributed by atoms with Gasteiger partial charge in [-0.3, -0.25) is 4.79 Å². The number of pyridine rings is 1. The third-order valence-electron chi connectivity index (χ3n) is 4.07. The molecular weight excluding hydrogens is 422 g/mol. The first kappa shape index (κ1) is 25.5. The van der Waals surface area contributed by atoms with E-state index in [1.807, 2.05) is 6.07 Å². The second-order valence-electron chi connectivity index (χ2n) is 9.52. The van der Waals surface area contributed by atoms with Gasteiger partial charge in [-0.25, -0.2) is 14.6 Å². The van der Waals surface area contributed by atoms with Gasteiger partial charge in [0, 0.05) is 12.0 Å². The molecule has 0 aliphatic carbocycles. The van der Waals surface area contributed by atoms with Gasteiger partial charge in [0.05, 0.1) is 11.4 Å². The summed E-state index contributed by atoms with van der Waals surface area (Å²) in [6, 6.07) is 12.3. The average molecular weight is 452 g/mol. The lowest BCUT2D eigenvalue weighted by atomic mass is 10.0. The van der Waals surface area contributed by atoms with Crippen LogP contribution < -0.4 is 4.90 Å². The van der Waals surface area contributed by atoms with Gasteiger partial charge >= 0.3 is 12.2 Å². The van der Waals surface area contributed by atoms with Crippen LogP contribution in [0.15, 0.2) is 36.4 Å². The summed E-state index contributed by atoms with van der Waals surface area (Å²) >= 11 is 0. The average Bonchev–Trinajstić information content (AvgIpc) is 2.65. The van der Waals surface area contributed by atoms with Gasteiger partial charge in [0.15, 0.2) is 0 Å². The highest BCUT2D eigenvalue weighted by atomic mass is 16.6. The molecule has 33 heavy (non-hydrogen) atoms. The molecule has 2 rings (SSSR count). The van der Waals surface area contributed by atoms with Crippen molar-refractivity contribution in [3.8, 4) is 17.3 Å². The Morgan fingerprint density at radius 3 is 1.91 bits per heavy atom. The van der Waals surface area contributed by atoms with Gasteiger partial charge in [-0.1, -0.05) is 30.3 Å². The minimum absolute atomic E-state index is 0.0288. The van der Waals surface area contributed by atoms with E-state index in [0.29, 0.717) is 5.56 Å². The van der Waals surface area contributed by atoms with Crippen molar-refractivity contribution in [1.29, 1.82) is 5.26 Å². The van der Waals surface area contributed by atoms with E-state index < -0.39 is 23.4 Å². The minimum Gasteiger partial charge on any atom is -0.443 e. The van der Waals surface area contributed by atoms with E-state index in [1.165, 1.54) is 13.0 Å². The Balaban J connectivity index is 2.82. The summed E-state index contributed by atoms with van der Waals surface area (Å²) in [6.07, 6.45) is -2.02. The van der Waals surface area contributed by atoms with E-state index in [1.54, 1.807) is 71.9 Å². The van der Waals surface area contributed by atoms with E-state index in [9.17, 15) is 19.6 Å². The molecule has 1 aromatic heterocycles. The van der Waals surface area contributed by atoms with Crippen LogP contribution in [0.1, 0.15) is 59.7 Å². The van der Waals surface area contributed by atoms with Gasteiger partial charge in [-0.15, -0.1) is 0 Å². The summed E-state index contributed by atoms with van der Waals surface area (Å²) in [5, 5.41) is 9.64. The molecule has 0 saturated carbocycles. The predicted octanol–water partition coefficient (Wildman–Crippen LogP) is 5.43. The highest BCUT2D eigenvalue weighted by Gasteiger charge is 2.35. The van der Waals surface area contributed by atoms with Crippen LogP contribution in [0, 0.1) is 11.3 Å². The number of nitriles is 1. The molecule has 0 unspecified atom stereocenters. The van der Waals surface area contributed by atoms with Crippen LogP contribution >= 0.6 is 0 Å². The molecule has 174 valence electrons. The van der Waals surface area contributed by atoms with Crippen LogP contribution in [0.3, 0.4) is 0 Å². The maximum atomic E-state index is 13.2. The number of Topliss-reactive ketones (excluding diaryl/α,β-unsaturated/α-hetero) is 1. The number of amides is 2. The lowest BCUT2D eigenvalue weighted by Crippen LogP contribution is -2.44. The summed E-state index contributed by atoms with van der Waals surface area (Å²) in [5.74, 6) is -0.201. The molecule has 0 aliphatic heterocycles. The number of hydrogen-bond donors (Lipinski definition) is 0. The lowest BCUT2D eigenvalue weighted by molar-refractivity contribution is -0.116. The fraction of sp³-hybridized carbons (Fsp3) is 0.400. The van der Waals surface area contributed by atoms with Gasteiger partial charge in [0.1, 0.15) is 28.7 Å². The molecule has 0 saturated heterocycles. The van der Waals surface area contributed by atoms with Crippen LogP contribution in [0.5, 0.6) is 0 Å². The van der Waals surface area contributed by atoms with Crippen LogP contribution in [-0.4, -0.2) is 34.2 Å². The molecule has 0 spiro atoms. The van der Waals surface area contributed by atoms with Gasteiger partial charge in [0.2, 0.25) is 0 Å². The topological polar surface area (TPSA) is 110 Å². The van der Waals surface area contributed by atoms with Gasteiger partial charge in [0.25, 0.3) is 0 Å². The van der Waals surface area contributed by atoms with E-state index >= 15 is 0 Å². The number of carbonyl (C=O) groups is 3. The molecule has 0 N–H and O–H groups in total. The summed E-state index contributed by atoms with van der Waals surface area (Å²) < 4.78 is 11.0. The molecule has 2 amide bonds. The Kier molecular flexibility index (Phi) is 7.60. The number of rotatable bonds is 4. The molecule has 0 atom stereocenters. The maximum absolute atomic E-state index is 13.2. The highest BCUT2D eigenvalue weighted by molar-refractivity contribution is 6.12. The molecular formula is C25H29N3O5. The third kappa shape index (κ3) is 7.14. The van der Waals surface area contributed by atoms with Crippen molar-refractivity contribution in [3.63, 3.8) is 0 Å². The van der Waals surface area contributed by atoms with Crippen LogP contribution in [-0.2, 0) is 20.7 Å². The number of benzene rings is 1. The largest absolute Gasteiger partial charge is 0.443 e. The highest BCUT2D eigenvalue weighted by Crippen LogP contribution is 2.33. The fourth-order valence-corrected chi connectivity index (χ4v) is 2.91. The number of carbonyl (C=O) groups excluding carboxylic acids is 3.